The van der Waals surface area contributed by atoms with Crippen molar-refractivity contribution in [3.63, 3.8) is 0 Å². The van der Waals surface area contributed by atoms with Crippen molar-refractivity contribution in [3.8, 4) is 11.1 Å². The first-order valence-corrected chi connectivity index (χ1v) is 9.07. The number of hydrogen-bond donors (Lipinski definition) is 1. The van der Waals surface area contributed by atoms with Crippen LogP contribution in [0.4, 0.5) is 0 Å². The van der Waals surface area contributed by atoms with Crippen LogP contribution >= 0.6 is 0 Å². The molecular weight excluding hydrogens is 318 g/mol. The van der Waals surface area contributed by atoms with Crippen LogP contribution in [0.3, 0.4) is 0 Å². The predicted octanol–water partition coefficient (Wildman–Crippen LogP) is 5.56. The summed E-state index contributed by atoms with van der Waals surface area (Å²) in [6, 6.07) is 25.5. The van der Waals surface area contributed by atoms with E-state index < -0.39 is 5.60 Å². The first kappa shape index (κ1) is 18.4. The highest BCUT2D eigenvalue weighted by Gasteiger charge is 2.32. The molecule has 2 nitrogen and oxygen atoms in total. The Kier molecular flexibility index (Phi) is 5.26. The zero-order chi connectivity index (χ0) is 18.7. The van der Waals surface area contributed by atoms with E-state index in [1.165, 1.54) is 22.3 Å². The summed E-state index contributed by atoms with van der Waals surface area (Å²) >= 11 is 0. The summed E-state index contributed by atoms with van der Waals surface area (Å²) in [5.74, 6) is 0. The minimum atomic E-state index is -0.592. The Morgan fingerprint density at radius 3 is 2.04 bits per heavy atom. The van der Waals surface area contributed by atoms with Gasteiger partial charge in [-0.05, 0) is 55.5 Å². The Labute approximate surface area is 156 Å². The maximum absolute atomic E-state index is 6.23. The van der Waals surface area contributed by atoms with Gasteiger partial charge in [0.2, 0.25) is 0 Å². The van der Waals surface area contributed by atoms with Crippen molar-refractivity contribution in [1.82, 2.24) is 0 Å². The van der Waals surface area contributed by atoms with Crippen molar-refractivity contribution >= 4 is 0 Å². The van der Waals surface area contributed by atoms with Gasteiger partial charge in [-0.25, -0.2) is 0 Å². The Hall–Kier alpha value is -2.42. The Morgan fingerprint density at radius 2 is 1.46 bits per heavy atom. The third-order valence-electron chi connectivity index (χ3n) is 4.87. The molecule has 2 N–H and O–H groups in total. The van der Waals surface area contributed by atoms with Gasteiger partial charge in [-0.15, -0.1) is 0 Å². The molecule has 0 aromatic heterocycles. The molecule has 0 heterocycles. The molecule has 2 atom stereocenters. The maximum Gasteiger partial charge on any atom is 0.118 e. The van der Waals surface area contributed by atoms with Gasteiger partial charge in [-0.2, -0.15) is 0 Å². The lowest BCUT2D eigenvalue weighted by Gasteiger charge is -2.34. The number of rotatable bonds is 5. The van der Waals surface area contributed by atoms with Crippen molar-refractivity contribution in [1.29, 1.82) is 0 Å². The van der Waals surface area contributed by atoms with E-state index in [0.717, 1.165) is 11.1 Å². The first-order chi connectivity index (χ1) is 12.4. The summed E-state index contributed by atoms with van der Waals surface area (Å²) in [6.07, 6.45) is -0.364. The molecule has 0 bridgehead atoms. The monoisotopic (exact) mass is 345 g/mol. The molecule has 0 saturated carbocycles. The van der Waals surface area contributed by atoms with Gasteiger partial charge in [0.25, 0.3) is 0 Å². The van der Waals surface area contributed by atoms with E-state index in [2.05, 4.69) is 75.4 Å². The van der Waals surface area contributed by atoms with Crippen molar-refractivity contribution < 1.29 is 4.74 Å². The molecule has 0 fully saturated rings. The van der Waals surface area contributed by atoms with Crippen LogP contribution in [0.15, 0.2) is 72.8 Å². The van der Waals surface area contributed by atoms with E-state index in [9.17, 15) is 0 Å². The van der Waals surface area contributed by atoms with Crippen LogP contribution in [0.5, 0.6) is 0 Å². The van der Waals surface area contributed by atoms with Crippen LogP contribution < -0.4 is 5.73 Å². The lowest BCUT2D eigenvalue weighted by atomic mass is 9.84. The van der Waals surface area contributed by atoms with E-state index in [-0.39, 0.29) is 6.23 Å². The molecule has 26 heavy (non-hydrogen) atoms. The van der Waals surface area contributed by atoms with Crippen molar-refractivity contribution in [2.75, 3.05) is 0 Å². The molecule has 0 saturated heterocycles. The Balaban J connectivity index is 2.06. The molecule has 3 rings (SSSR count). The number of ether oxygens (including phenoxy) is 1. The highest BCUT2D eigenvalue weighted by molar-refractivity contribution is 5.65. The predicted molar refractivity (Wildman–Crippen MR) is 109 cm³/mol. The van der Waals surface area contributed by atoms with Gasteiger partial charge < -0.3 is 10.5 Å². The molecule has 3 aromatic rings. The molecule has 0 spiro atoms. The van der Waals surface area contributed by atoms with E-state index in [1.54, 1.807) is 0 Å². The number of nitrogens with two attached hydrogens (primary N) is 1. The zero-order valence-corrected chi connectivity index (χ0v) is 16.0. The zero-order valence-electron chi connectivity index (χ0n) is 16.0. The molecule has 3 aromatic carbocycles. The lowest BCUT2D eigenvalue weighted by molar-refractivity contribution is -0.0502. The van der Waals surface area contributed by atoms with Crippen LogP contribution in [-0.4, -0.2) is 6.23 Å². The Bertz CT molecular complexity index is 868. The van der Waals surface area contributed by atoms with Crippen LogP contribution in [-0.2, 0) is 10.3 Å². The summed E-state index contributed by atoms with van der Waals surface area (Å²) < 4.78 is 6.23. The summed E-state index contributed by atoms with van der Waals surface area (Å²) in [4.78, 5) is 0. The molecular formula is C24H27NO. The highest BCUT2D eigenvalue weighted by atomic mass is 16.5. The fourth-order valence-corrected chi connectivity index (χ4v) is 3.54. The third-order valence-corrected chi connectivity index (χ3v) is 4.87. The summed E-state index contributed by atoms with van der Waals surface area (Å²) in [6.45, 7) is 8.21. The molecule has 2 unspecified atom stereocenters. The average Bonchev–Trinajstić information content (AvgIpc) is 2.62. The molecule has 0 aliphatic carbocycles. The minimum Gasteiger partial charge on any atom is -0.348 e. The second kappa shape index (κ2) is 7.45. The fourth-order valence-electron chi connectivity index (χ4n) is 3.54. The normalized spacial score (nSPS) is 14.7. The second-order valence-corrected chi connectivity index (χ2v) is 7.12. The molecule has 0 amide bonds. The van der Waals surface area contributed by atoms with E-state index in [1.807, 2.05) is 25.1 Å². The smallest absolute Gasteiger partial charge is 0.118 e. The largest absolute Gasteiger partial charge is 0.348 e. The molecule has 0 aliphatic rings. The van der Waals surface area contributed by atoms with E-state index in [0.29, 0.717) is 0 Å². The maximum atomic E-state index is 6.23. The van der Waals surface area contributed by atoms with Crippen LogP contribution in [0, 0.1) is 13.8 Å². The fraction of sp³-hybridized carbons (Fsp3) is 0.250. The van der Waals surface area contributed by atoms with Crippen molar-refractivity contribution in [2.45, 2.75) is 39.5 Å². The third kappa shape index (κ3) is 3.72. The van der Waals surface area contributed by atoms with Gasteiger partial charge in [0, 0.05) is 0 Å². The first-order valence-electron chi connectivity index (χ1n) is 9.07. The van der Waals surface area contributed by atoms with Gasteiger partial charge in [0.15, 0.2) is 0 Å². The van der Waals surface area contributed by atoms with Crippen molar-refractivity contribution in [2.24, 2.45) is 5.73 Å². The van der Waals surface area contributed by atoms with Crippen molar-refractivity contribution in [3.05, 3.63) is 95.1 Å². The van der Waals surface area contributed by atoms with E-state index in [4.69, 9.17) is 10.5 Å². The van der Waals surface area contributed by atoms with Crippen LogP contribution in [0.2, 0.25) is 0 Å². The molecule has 2 heteroatoms. The molecule has 0 aliphatic heterocycles. The summed E-state index contributed by atoms with van der Waals surface area (Å²) in [5.41, 5.74) is 12.6. The number of aryl methyl sites for hydroxylation is 2. The molecule has 0 radical (unpaired) electrons. The van der Waals surface area contributed by atoms with Gasteiger partial charge >= 0.3 is 0 Å². The van der Waals surface area contributed by atoms with Crippen LogP contribution in [0.25, 0.3) is 11.1 Å². The van der Waals surface area contributed by atoms with Gasteiger partial charge in [-0.3, -0.25) is 0 Å². The average molecular weight is 345 g/mol. The minimum absolute atomic E-state index is 0.364. The topological polar surface area (TPSA) is 35.2 Å². The Morgan fingerprint density at radius 1 is 0.846 bits per heavy atom. The van der Waals surface area contributed by atoms with Gasteiger partial charge in [-0.1, -0.05) is 78.4 Å². The van der Waals surface area contributed by atoms with Gasteiger partial charge in [0.05, 0.1) is 0 Å². The standard InChI is InChI=1S/C24H27NO/c1-17-10-12-20(13-11-17)21-14-15-23(18(2)16-21)24(4,26-19(3)25)22-8-6-5-7-9-22/h5-16,19H,25H2,1-4H3. The second-order valence-electron chi connectivity index (χ2n) is 7.12. The SMILES string of the molecule is Cc1ccc(-c2ccc(C(C)(OC(C)N)c3ccccc3)c(C)c2)cc1. The van der Waals surface area contributed by atoms with E-state index >= 15 is 0 Å². The lowest BCUT2D eigenvalue weighted by Crippen LogP contribution is -2.36. The van der Waals surface area contributed by atoms with Crippen LogP contribution in [0.1, 0.15) is 36.1 Å². The number of hydrogen-bond acceptors (Lipinski definition) is 2. The quantitative estimate of drug-likeness (QED) is 0.615. The molecule has 134 valence electrons. The summed E-state index contributed by atoms with van der Waals surface area (Å²) in [7, 11) is 0. The van der Waals surface area contributed by atoms with Gasteiger partial charge in [0.1, 0.15) is 11.8 Å². The highest BCUT2D eigenvalue weighted by Crippen LogP contribution is 2.37. The summed E-state index contributed by atoms with van der Waals surface area (Å²) in [5, 5.41) is 0. The number of benzene rings is 3.